The summed E-state index contributed by atoms with van der Waals surface area (Å²) in [6.07, 6.45) is 2.29. The van der Waals surface area contributed by atoms with Crippen LogP contribution < -0.4 is 4.90 Å². The number of aliphatic imine (C=N–C) groups is 1. The highest BCUT2D eigenvalue weighted by Crippen LogP contribution is 2.36. The Morgan fingerprint density at radius 3 is 2.70 bits per heavy atom. The number of carbonyl (C=O) groups is 1. The minimum absolute atomic E-state index is 0.163. The number of carbonyl (C=O) groups excluding carboxylic acids is 1. The van der Waals surface area contributed by atoms with Crippen LogP contribution in [0.3, 0.4) is 0 Å². The number of nitrogens with zero attached hydrogens (tertiary/aromatic N) is 3. The van der Waals surface area contributed by atoms with Gasteiger partial charge in [-0.25, -0.2) is 0 Å². The Bertz CT molecular complexity index is 1090. The molecule has 0 bridgehead atoms. The Balaban J connectivity index is 1.55. The number of amides is 1. The van der Waals surface area contributed by atoms with Crippen molar-refractivity contribution >= 4 is 17.3 Å². The van der Waals surface area contributed by atoms with Crippen LogP contribution in [0, 0.1) is 6.92 Å². The van der Waals surface area contributed by atoms with Crippen LogP contribution in [0.5, 0.6) is 0 Å². The van der Waals surface area contributed by atoms with Gasteiger partial charge in [0.25, 0.3) is 0 Å². The average Bonchev–Trinajstić information content (AvgIpc) is 3.21. The predicted octanol–water partition coefficient (Wildman–Crippen LogP) is 3.83. The first-order valence-electron chi connectivity index (χ1n) is 9.17. The maximum Gasteiger partial charge on any atom is 0.231 e. The summed E-state index contributed by atoms with van der Waals surface area (Å²) in [6, 6.07) is 18.5. The second-order valence-corrected chi connectivity index (χ2v) is 7.13. The van der Waals surface area contributed by atoms with Gasteiger partial charge in [-0.3, -0.25) is 14.8 Å². The third-order valence-corrected chi connectivity index (χ3v) is 5.25. The molecule has 2 aromatic carbocycles. The summed E-state index contributed by atoms with van der Waals surface area (Å²) < 4.78 is 0. The maximum absolute atomic E-state index is 12.6. The lowest BCUT2D eigenvalue weighted by atomic mass is 9.97. The van der Waals surface area contributed by atoms with Crippen molar-refractivity contribution in [2.45, 2.75) is 26.4 Å². The molecule has 0 atom stereocenters. The Hall–Kier alpha value is -3.27. The van der Waals surface area contributed by atoms with E-state index < -0.39 is 0 Å². The van der Waals surface area contributed by atoms with Crippen molar-refractivity contribution < 1.29 is 4.79 Å². The standard InChI is InChI=1S/C23H19N3O/c1-15-9-17(7-8-24-15)23-20-12-21-18(10-19(20)13-25-23)11-22(27)26(21)14-16-5-3-2-4-6-16/h2-10,12H,11,13-14H2,1H3. The summed E-state index contributed by atoms with van der Waals surface area (Å²) in [5.74, 6) is 0.163. The Labute approximate surface area is 158 Å². The van der Waals surface area contributed by atoms with E-state index in [-0.39, 0.29) is 5.91 Å². The third-order valence-electron chi connectivity index (χ3n) is 5.25. The lowest BCUT2D eigenvalue weighted by Crippen LogP contribution is -2.26. The molecule has 2 aliphatic heterocycles. The van der Waals surface area contributed by atoms with Crippen LogP contribution in [0.2, 0.25) is 0 Å². The van der Waals surface area contributed by atoms with Crippen LogP contribution in [-0.2, 0) is 24.3 Å². The molecule has 0 radical (unpaired) electrons. The summed E-state index contributed by atoms with van der Waals surface area (Å²) in [5, 5.41) is 0. The lowest BCUT2D eigenvalue weighted by molar-refractivity contribution is -0.117. The van der Waals surface area contributed by atoms with Crippen molar-refractivity contribution in [3.63, 3.8) is 0 Å². The third kappa shape index (κ3) is 2.74. The number of hydrogen-bond acceptors (Lipinski definition) is 3. The zero-order chi connectivity index (χ0) is 18.4. The number of benzene rings is 2. The first kappa shape index (κ1) is 15.9. The van der Waals surface area contributed by atoms with E-state index in [1.807, 2.05) is 42.3 Å². The largest absolute Gasteiger partial charge is 0.307 e. The van der Waals surface area contributed by atoms with Crippen molar-refractivity contribution in [2.24, 2.45) is 4.99 Å². The van der Waals surface area contributed by atoms with Gasteiger partial charge in [0.15, 0.2) is 0 Å². The SMILES string of the molecule is Cc1cc(C2=NCc3cc4c(cc32)N(Cc2ccccc2)C(=O)C4)ccn1. The van der Waals surface area contributed by atoms with Gasteiger partial charge in [0, 0.05) is 28.7 Å². The van der Waals surface area contributed by atoms with Crippen molar-refractivity contribution in [1.82, 2.24) is 4.98 Å². The van der Waals surface area contributed by atoms with E-state index >= 15 is 0 Å². The molecule has 0 N–H and O–H groups in total. The zero-order valence-electron chi connectivity index (χ0n) is 15.1. The first-order valence-corrected chi connectivity index (χ1v) is 9.17. The number of aromatic nitrogens is 1. The smallest absolute Gasteiger partial charge is 0.231 e. The fourth-order valence-corrected chi connectivity index (χ4v) is 3.95. The summed E-state index contributed by atoms with van der Waals surface area (Å²) in [4.78, 5) is 23.6. The van der Waals surface area contributed by atoms with Gasteiger partial charge in [0.05, 0.1) is 25.2 Å². The van der Waals surface area contributed by atoms with Gasteiger partial charge in [-0.2, -0.15) is 0 Å². The van der Waals surface area contributed by atoms with Crippen molar-refractivity contribution in [2.75, 3.05) is 4.90 Å². The summed E-state index contributed by atoms with van der Waals surface area (Å²) in [6.45, 7) is 3.27. The number of aryl methyl sites for hydroxylation is 1. The number of anilines is 1. The molecule has 4 heteroatoms. The summed E-state index contributed by atoms with van der Waals surface area (Å²) in [5.41, 5.74) is 8.65. The number of pyridine rings is 1. The van der Waals surface area contributed by atoms with E-state index in [0.717, 1.165) is 39.3 Å². The average molecular weight is 353 g/mol. The van der Waals surface area contributed by atoms with Crippen molar-refractivity contribution in [3.05, 3.63) is 94.3 Å². The highest BCUT2D eigenvalue weighted by molar-refractivity contribution is 6.16. The van der Waals surface area contributed by atoms with E-state index in [1.165, 1.54) is 5.56 Å². The lowest BCUT2D eigenvalue weighted by Gasteiger charge is -2.19. The number of rotatable bonds is 3. The minimum Gasteiger partial charge on any atom is -0.307 e. The number of hydrogen-bond donors (Lipinski definition) is 0. The van der Waals surface area contributed by atoms with Gasteiger partial charge in [0.2, 0.25) is 5.91 Å². The quantitative estimate of drug-likeness (QED) is 0.718. The molecule has 3 aromatic rings. The van der Waals surface area contributed by atoms with Crippen LogP contribution in [0.1, 0.15) is 33.5 Å². The van der Waals surface area contributed by atoms with Crippen LogP contribution in [0.25, 0.3) is 0 Å². The molecule has 0 saturated carbocycles. The first-order chi connectivity index (χ1) is 13.2. The molecule has 0 fully saturated rings. The highest BCUT2D eigenvalue weighted by atomic mass is 16.2. The van der Waals surface area contributed by atoms with E-state index in [0.29, 0.717) is 19.5 Å². The van der Waals surface area contributed by atoms with E-state index in [9.17, 15) is 4.79 Å². The molecule has 2 aliphatic rings. The molecular formula is C23H19N3O. The van der Waals surface area contributed by atoms with Gasteiger partial charge in [-0.1, -0.05) is 36.4 Å². The second-order valence-electron chi connectivity index (χ2n) is 7.13. The van der Waals surface area contributed by atoms with Gasteiger partial charge in [-0.15, -0.1) is 0 Å². The molecule has 3 heterocycles. The summed E-state index contributed by atoms with van der Waals surface area (Å²) >= 11 is 0. The Morgan fingerprint density at radius 1 is 1.04 bits per heavy atom. The molecule has 0 aliphatic carbocycles. The molecular weight excluding hydrogens is 334 g/mol. The van der Waals surface area contributed by atoms with Gasteiger partial charge >= 0.3 is 0 Å². The Kier molecular flexibility index (Phi) is 3.64. The predicted molar refractivity (Wildman–Crippen MR) is 106 cm³/mol. The fourth-order valence-electron chi connectivity index (χ4n) is 3.95. The van der Waals surface area contributed by atoms with E-state index in [1.54, 1.807) is 0 Å². The highest BCUT2D eigenvalue weighted by Gasteiger charge is 2.30. The van der Waals surface area contributed by atoms with Gasteiger partial charge in [0.1, 0.15) is 0 Å². The molecule has 5 rings (SSSR count). The topological polar surface area (TPSA) is 45.6 Å². The molecule has 0 saturated heterocycles. The fraction of sp³-hybridized carbons (Fsp3) is 0.174. The molecule has 27 heavy (non-hydrogen) atoms. The molecule has 0 unspecified atom stereocenters. The minimum atomic E-state index is 0.163. The van der Waals surface area contributed by atoms with E-state index in [2.05, 4.69) is 35.3 Å². The van der Waals surface area contributed by atoms with Crippen LogP contribution in [0.15, 0.2) is 65.8 Å². The molecule has 132 valence electrons. The molecule has 1 amide bonds. The van der Waals surface area contributed by atoms with Gasteiger partial charge in [-0.05, 0) is 41.8 Å². The van der Waals surface area contributed by atoms with Crippen molar-refractivity contribution in [3.8, 4) is 0 Å². The zero-order valence-corrected chi connectivity index (χ0v) is 15.1. The molecule has 0 spiro atoms. The van der Waals surface area contributed by atoms with Crippen LogP contribution in [-0.4, -0.2) is 16.6 Å². The normalized spacial score (nSPS) is 14.9. The summed E-state index contributed by atoms with van der Waals surface area (Å²) in [7, 11) is 0. The number of fused-ring (bicyclic) bond motifs is 2. The van der Waals surface area contributed by atoms with E-state index in [4.69, 9.17) is 4.99 Å². The van der Waals surface area contributed by atoms with Crippen LogP contribution >= 0.6 is 0 Å². The van der Waals surface area contributed by atoms with Crippen LogP contribution in [0.4, 0.5) is 5.69 Å². The molecule has 4 nitrogen and oxygen atoms in total. The Morgan fingerprint density at radius 2 is 1.89 bits per heavy atom. The second kappa shape index (κ2) is 6.16. The molecule has 1 aromatic heterocycles. The van der Waals surface area contributed by atoms with Gasteiger partial charge < -0.3 is 4.90 Å². The maximum atomic E-state index is 12.6. The monoisotopic (exact) mass is 353 g/mol. The van der Waals surface area contributed by atoms with Crippen molar-refractivity contribution in [1.29, 1.82) is 0 Å².